The minimum atomic E-state index is 0.761. The Labute approximate surface area is 115 Å². The molecule has 3 nitrogen and oxygen atoms in total. The zero-order valence-electron chi connectivity index (χ0n) is 11.9. The van der Waals surface area contributed by atoms with Crippen LogP contribution in [0.15, 0.2) is 23.8 Å². The van der Waals surface area contributed by atoms with Crippen LogP contribution < -0.4 is 10.2 Å². The van der Waals surface area contributed by atoms with E-state index in [2.05, 4.69) is 42.3 Å². The number of aromatic nitrogens is 1. The first kappa shape index (κ1) is 12.7. The summed E-state index contributed by atoms with van der Waals surface area (Å²) < 4.78 is 0. The highest BCUT2D eigenvalue weighted by Gasteiger charge is 2.20. The van der Waals surface area contributed by atoms with Gasteiger partial charge in [0.05, 0.1) is 0 Å². The summed E-state index contributed by atoms with van der Waals surface area (Å²) in [5, 5.41) is 3.58. The molecular weight excluding hydrogens is 234 g/mol. The number of hydrogen-bond acceptors (Lipinski definition) is 3. The zero-order chi connectivity index (χ0) is 13.2. The second-order valence-corrected chi connectivity index (χ2v) is 5.89. The second kappa shape index (κ2) is 5.33. The number of nitrogens with zero attached hydrogens (tertiary/aromatic N) is 2. The third-order valence-corrected chi connectivity index (χ3v) is 3.83. The van der Waals surface area contributed by atoms with Gasteiger partial charge in [-0.05, 0) is 50.8 Å². The van der Waals surface area contributed by atoms with Gasteiger partial charge in [-0.3, -0.25) is 0 Å². The van der Waals surface area contributed by atoms with Crippen molar-refractivity contribution in [1.29, 1.82) is 0 Å². The Bertz CT molecular complexity index is 489. The van der Waals surface area contributed by atoms with Crippen molar-refractivity contribution in [2.24, 2.45) is 0 Å². The smallest absolute Gasteiger partial charge is 0.129 e. The van der Waals surface area contributed by atoms with Crippen LogP contribution in [-0.4, -0.2) is 24.1 Å². The molecule has 1 aromatic rings. The van der Waals surface area contributed by atoms with Crippen LogP contribution in [0.4, 0.5) is 5.82 Å². The molecule has 1 aliphatic carbocycles. The predicted octanol–water partition coefficient (Wildman–Crippen LogP) is 2.80. The second-order valence-electron chi connectivity index (χ2n) is 5.89. The molecule has 1 N–H and O–H groups in total. The van der Waals surface area contributed by atoms with Gasteiger partial charge in [-0.25, -0.2) is 4.98 Å². The average Bonchev–Trinajstić information content (AvgIpc) is 3.20. The number of nitrogens with one attached hydrogen (secondary N) is 1. The molecular formula is C16H23N3. The number of pyridine rings is 1. The van der Waals surface area contributed by atoms with Gasteiger partial charge in [0.15, 0.2) is 0 Å². The third-order valence-electron chi connectivity index (χ3n) is 3.83. The van der Waals surface area contributed by atoms with Crippen LogP contribution >= 0.6 is 0 Å². The Morgan fingerprint density at radius 3 is 2.89 bits per heavy atom. The van der Waals surface area contributed by atoms with E-state index in [0.717, 1.165) is 43.6 Å². The molecule has 0 unspecified atom stereocenters. The lowest BCUT2D eigenvalue weighted by atomic mass is 10.1. The first-order chi connectivity index (χ1) is 9.20. The van der Waals surface area contributed by atoms with E-state index in [4.69, 9.17) is 4.98 Å². The molecule has 3 rings (SSSR count). The van der Waals surface area contributed by atoms with Gasteiger partial charge in [-0.1, -0.05) is 11.6 Å². The van der Waals surface area contributed by atoms with Crippen LogP contribution in [0, 0.1) is 6.92 Å². The van der Waals surface area contributed by atoms with E-state index in [-0.39, 0.29) is 0 Å². The molecule has 0 atom stereocenters. The Balaban J connectivity index is 1.74. The van der Waals surface area contributed by atoms with Crippen molar-refractivity contribution in [3.63, 3.8) is 0 Å². The van der Waals surface area contributed by atoms with Crippen molar-refractivity contribution >= 4 is 5.82 Å². The van der Waals surface area contributed by atoms with Gasteiger partial charge in [-0.15, -0.1) is 0 Å². The Kier molecular flexibility index (Phi) is 3.56. The molecule has 2 aliphatic rings. The monoisotopic (exact) mass is 257 g/mol. The first-order valence-electron chi connectivity index (χ1n) is 7.32. The molecule has 0 radical (unpaired) electrons. The summed E-state index contributed by atoms with van der Waals surface area (Å²) in [7, 11) is 0. The fourth-order valence-corrected chi connectivity index (χ4v) is 2.64. The number of aryl methyl sites for hydroxylation is 1. The van der Waals surface area contributed by atoms with Crippen molar-refractivity contribution in [1.82, 2.24) is 10.3 Å². The van der Waals surface area contributed by atoms with Gasteiger partial charge in [-0.2, -0.15) is 0 Å². The Morgan fingerprint density at radius 1 is 1.32 bits per heavy atom. The van der Waals surface area contributed by atoms with Crippen molar-refractivity contribution in [3.8, 4) is 0 Å². The molecule has 0 spiro atoms. The zero-order valence-corrected chi connectivity index (χ0v) is 11.9. The molecule has 1 saturated carbocycles. The van der Waals surface area contributed by atoms with Crippen LogP contribution in [0.1, 0.15) is 37.4 Å². The first-order valence-corrected chi connectivity index (χ1v) is 7.32. The minimum absolute atomic E-state index is 0.761. The summed E-state index contributed by atoms with van der Waals surface area (Å²) in [6, 6.07) is 5.21. The van der Waals surface area contributed by atoms with Gasteiger partial charge in [0.2, 0.25) is 0 Å². The van der Waals surface area contributed by atoms with Crippen LogP contribution in [-0.2, 0) is 6.54 Å². The van der Waals surface area contributed by atoms with Gasteiger partial charge in [0.25, 0.3) is 0 Å². The quantitative estimate of drug-likeness (QED) is 0.841. The summed E-state index contributed by atoms with van der Waals surface area (Å²) in [4.78, 5) is 7.10. The van der Waals surface area contributed by atoms with Crippen LogP contribution in [0.25, 0.3) is 0 Å². The predicted molar refractivity (Wildman–Crippen MR) is 79.4 cm³/mol. The maximum atomic E-state index is 4.71. The normalized spacial score (nSPS) is 19.5. The Morgan fingerprint density at radius 2 is 2.16 bits per heavy atom. The van der Waals surface area contributed by atoms with E-state index in [9.17, 15) is 0 Å². The molecule has 0 aromatic carbocycles. The lowest BCUT2D eigenvalue weighted by Crippen LogP contribution is -2.30. The molecule has 1 aromatic heterocycles. The molecule has 0 amide bonds. The Hall–Kier alpha value is -1.35. The maximum absolute atomic E-state index is 4.71. The highest BCUT2D eigenvalue weighted by atomic mass is 15.2. The standard InChI is InChI=1S/C16H23N3/c1-12-4-3-7-19(11-12)16-9-14(8-13(2)18-16)10-17-15-5-6-15/h4,8-9,15,17H,3,5-7,10-11H2,1-2H3. The van der Waals surface area contributed by atoms with Crippen LogP contribution in [0.5, 0.6) is 0 Å². The van der Waals surface area contributed by atoms with Gasteiger partial charge >= 0.3 is 0 Å². The summed E-state index contributed by atoms with van der Waals surface area (Å²) in [5.41, 5.74) is 3.94. The summed E-state index contributed by atoms with van der Waals surface area (Å²) >= 11 is 0. The topological polar surface area (TPSA) is 28.2 Å². The largest absolute Gasteiger partial charge is 0.352 e. The number of hydrogen-bond donors (Lipinski definition) is 1. The van der Waals surface area contributed by atoms with E-state index in [1.807, 2.05) is 0 Å². The van der Waals surface area contributed by atoms with Gasteiger partial charge in [0.1, 0.15) is 5.82 Å². The van der Waals surface area contributed by atoms with Crippen molar-refractivity contribution < 1.29 is 0 Å². The summed E-state index contributed by atoms with van der Waals surface area (Å²) in [6.45, 7) is 7.38. The van der Waals surface area contributed by atoms with Crippen LogP contribution in [0.3, 0.4) is 0 Å². The van der Waals surface area contributed by atoms with E-state index < -0.39 is 0 Å². The molecule has 1 aliphatic heterocycles. The average molecular weight is 257 g/mol. The van der Waals surface area contributed by atoms with Crippen LogP contribution in [0.2, 0.25) is 0 Å². The molecule has 0 saturated heterocycles. The maximum Gasteiger partial charge on any atom is 0.129 e. The fourth-order valence-electron chi connectivity index (χ4n) is 2.64. The highest BCUT2D eigenvalue weighted by Crippen LogP contribution is 2.22. The SMILES string of the molecule is CC1=CCCN(c2cc(CNC3CC3)cc(C)n2)C1. The molecule has 3 heteroatoms. The van der Waals surface area contributed by atoms with Crippen molar-refractivity contribution in [2.75, 3.05) is 18.0 Å². The molecule has 102 valence electrons. The summed E-state index contributed by atoms with van der Waals surface area (Å²) in [6.07, 6.45) is 6.15. The van der Waals surface area contributed by atoms with E-state index in [1.54, 1.807) is 0 Å². The van der Waals surface area contributed by atoms with Gasteiger partial charge < -0.3 is 10.2 Å². The fraction of sp³-hybridized carbons (Fsp3) is 0.562. The van der Waals surface area contributed by atoms with Crippen molar-refractivity contribution in [3.05, 3.63) is 35.0 Å². The molecule has 1 fully saturated rings. The minimum Gasteiger partial charge on any atom is -0.352 e. The van der Waals surface area contributed by atoms with E-state index in [0.29, 0.717) is 0 Å². The molecule has 0 bridgehead atoms. The number of anilines is 1. The van der Waals surface area contributed by atoms with Crippen molar-refractivity contribution in [2.45, 2.75) is 45.7 Å². The third kappa shape index (κ3) is 3.35. The van der Waals surface area contributed by atoms with E-state index >= 15 is 0 Å². The molecule has 19 heavy (non-hydrogen) atoms. The highest BCUT2D eigenvalue weighted by molar-refractivity contribution is 5.45. The number of rotatable bonds is 4. The lowest BCUT2D eigenvalue weighted by Gasteiger charge is -2.28. The van der Waals surface area contributed by atoms with E-state index in [1.165, 1.54) is 24.0 Å². The summed E-state index contributed by atoms with van der Waals surface area (Å²) in [5.74, 6) is 1.14. The lowest BCUT2D eigenvalue weighted by molar-refractivity contribution is 0.685. The molecule has 2 heterocycles. The van der Waals surface area contributed by atoms with Gasteiger partial charge in [0, 0.05) is 31.4 Å².